The molecule has 0 amide bonds. The van der Waals surface area contributed by atoms with Crippen molar-refractivity contribution in [2.45, 2.75) is 5.32 Å². The van der Waals surface area contributed by atoms with Crippen molar-refractivity contribution in [2.24, 2.45) is 0 Å². The molecule has 0 aromatic heterocycles. The summed E-state index contributed by atoms with van der Waals surface area (Å²) in [5, 5.41) is 9.18. The van der Waals surface area contributed by atoms with Gasteiger partial charge in [-0.2, -0.15) is 0 Å². The van der Waals surface area contributed by atoms with Gasteiger partial charge in [-0.25, -0.2) is 0 Å². The first-order valence-corrected chi connectivity index (χ1v) is 6.87. The molecule has 0 spiro atoms. The monoisotopic (exact) mass is 353 g/mol. The first-order valence-electron chi connectivity index (χ1n) is 3.72. The molecule has 1 aromatic carbocycles. The van der Waals surface area contributed by atoms with Crippen molar-refractivity contribution in [3.05, 3.63) is 27.8 Å². The Balaban J connectivity index is 2.33. The van der Waals surface area contributed by atoms with Crippen LogP contribution in [0.2, 0.25) is 5.32 Å². The zero-order chi connectivity index (χ0) is 9.52. The Morgan fingerprint density at radius 3 is 3.08 bits per heavy atom. The van der Waals surface area contributed by atoms with Gasteiger partial charge in [0.25, 0.3) is 0 Å². The second-order valence-corrected chi connectivity index (χ2v) is 5.34. The van der Waals surface area contributed by atoms with Crippen LogP contribution >= 0.6 is 22.6 Å². The number of ether oxygens (including phenoxy) is 1. The zero-order valence-electron chi connectivity index (χ0n) is 6.87. The van der Waals surface area contributed by atoms with E-state index >= 15 is 0 Å². The summed E-state index contributed by atoms with van der Waals surface area (Å²) < 4.78 is 6.62. The standard InChI is InChI=1S/C9H8INOSe/c10-8-2-1-3-9(6-8)12-4-5-13-7-11/h1-3,6H,4-5H2. The van der Waals surface area contributed by atoms with E-state index in [0.29, 0.717) is 6.61 Å². The van der Waals surface area contributed by atoms with Crippen molar-refractivity contribution in [2.75, 3.05) is 6.61 Å². The van der Waals surface area contributed by atoms with E-state index in [9.17, 15) is 0 Å². The Morgan fingerprint density at radius 2 is 2.38 bits per heavy atom. The predicted molar refractivity (Wildman–Crippen MR) is 60.8 cm³/mol. The van der Waals surface area contributed by atoms with Crippen molar-refractivity contribution in [3.8, 4) is 10.7 Å². The Hall–Kier alpha value is -0.241. The van der Waals surface area contributed by atoms with Crippen LogP contribution in [0.15, 0.2) is 24.3 Å². The van der Waals surface area contributed by atoms with Gasteiger partial charge in [-0.05, 0) is 0 Å². The van der Waals surface area contributed by atoms with Crippen LogP contribution < -0.4 is 4.74 Å². The van der Waals surface area contributed by atoms with E-state index in [2.05, 4.69) is 27.6 Å². The summed E-state index contributed by atoms with van der Waals surface area (Å²) in [7, 11) is 0. The van der Waals surface area contributed by atoms with Crippen LogP contribution in [0, 0.1) is 13.8 Å². The zero-order valence-corrected chi connectivity index (χ0v) is 10.7. The molecule has 0 aliphatic rings. The molecule has 13 heavy (non-hydrogen) atoms. The Kier molecular flexibility index (Phi) is 5.21. The summed E-state index contributed by atoms with van der Waals surface area (Å²) in [5.74, 6) is 0.889. The van der Waals surface area contributed by atoms with E-state index in [1.807, 2.05) is 24.3 Å². The molecule has 0 aliphatic carbocycles. The van der Waals surface area contributed by atoms with Crippen LogP contribution in [0.25, 0.3) is 0 Å². The quantitative estimate of drug-likeness (QED) is 0.473. The van der Waals surface area contributed by atoms with Gasteiger partial charge in [0.1, 0.15) is 0 Å². The third-order valence-corrected chi connectivity index (χ3v) is 3.03. The molecular weight excluding hydrogens is 344 g/mol. The maximum atomic E-state index is 8.33. The topological polar surface area (TPSA) is 33.0 Å². The summed E-state index contributed by atoms with van der Waals surface area (Å²) in [4.78, 5) is 2.15. The van der Waals surface area contributed by atoms with Gasteiger partial charge in [-0.1, -0.05) is 0 Å². The Morgan fingerprint density at radius 1 is 1.54 bits per heavy atom. The summed E-state index contributed by atoms with van der Waals surface area (Å²) in [6.07, 6.45) is 0. The normalized spacial score (nSPS) is 9.23. The molecule has 4 heteroatoms. The molecule has 0 N–H and O–H groups in total. The van der Waals surface area contributed by atoms with Crippen molar-refractivity contribution in [1.82, 2.24) is 0 Å². The molecular formula is C9H8INOSe. The molecule has 0 fully saturated rings. The molecule has 1 rings (SSSR count). The second-order valence-electron chi connectivity index (χ2n) is 2.25. The first-order chi connectivity index (χ1) is 6.33. The van der Waals surface area contributed by atoms with Crippen molar-refractivity contribution < 1.29 is 4.74 Å². The van der Waals surface area contributed by atoms with Gasteiger partial charge in [0.05, 0.1) is 0 Å². The molecule has 68 valence electrons. The summed E-state index contributed by atoms with van der Waals surface area (Å²) >= 11 is 2.32. The van der Waals surface area contributed by atoms with Gasteiger partial charge in [0.2, 0.25) is 0 Å². The van der Waals surface area contributed by atoms with Gasteiger partial charge in [-0.3, -0.25) is 0 Å². The van der Waals surface area contributed by atoms with Crippen LogP contribution in [0.1, 0.15) is 0 Å². The van der Waals surface area contributed by atoms with Gasteiger partial charge in [0, 0.05) is 0 Å². The molecule has 0 unspecified atom stereocenters. The van der Waals surface area contributed by atoms with Crippen LogP contribution in [0.5, 0.6) is 5.75 Å². The van der Waals surface area contributed by atoms with E-state index in [1.54, 1.807) is 0 Å². The van der Waals surface area contributed by atoms with E-state index < -0.39 is 0 Å². The fourth-order valence-corrected chi connectivity index (χ4v) is 1.86. The van der Waals surface area contributed by atoms with E-state index in [1.165, 1.54) is 3.57 Å². The molecule has 0 saturated heterocycles. The number of nitriles is 1. The number of nitrogens with zero attached hydrogens (tertiary/aromatic N) is 1. The molecule has 0 bridgehead atoms. The summed E-state index contributed by atoms with van der Waals surface area (Å²) in [6.45, 7) is 0.646. The average molecular weight is 352 g/mol. The van der Waals surface area contributed by atoms with E-state index in [4.69, 9.17) is 10.00 Å². The second kappa shape index (κ2) is 6.25. The number of rotatable bonds is 4. The fraction of sp³-hybridized carbons (Fsp3) is 0.222. The number of hydrogen-bond acceptors (Lipinski definition) is 2. The third-order valence-electron chi connectivity index (χ3n) is 1.31. The number of benzene rings is 1. The minimum atomic E-state index is 0.0714. The van der Waals surface area contributed by atoms with Crippen LogP contribution in [0.3, 0.4) is 0 Å². The van der Waals surface area contributed by atoms with Gasteiger partial charge in [0.15, 0.2) is 0 Å². The SMILES string of the molecule is N#C[Se]CCOc1cccc(I)c1. The van der Waals surface area contributed by atoms with Crippen LogP contribution in [-0.2, 0) is 0 Å². The number of halogens is 1. The Labute approximate surface area is 97.6 Å². The molecule has 0 heterocycles. The van der Waals surface area contributed by atoms with Crippen LogP contribution in [0.4, 0.5) is 0 Å². The fourth-order valence-electron chi connectivity index (χ4n) is 0.804. The van der Waals surface area contributed by atoms with Gasteiger partial charge >= 0.3 is 98.0 Å². The molecule has 1 aromatic rings. The van der Waals surface area contributed by atoms with E-state index in [-0.39, 0.29) is 15.0 Å². The Bertz CT molecular complexity index is 311. The van der Waals surface area contributed by atoms with E-state index in [0.717, 1.165) is 11.1 Å². The van der Waals surface area contributed by atoms with Crippen molar-refractivity contribution in [3.63, 3.8) is 0 Å². The first kappa shape index (κ1) is 10.8. The maximum absolute atomic E-state index is 8.33. The molecule has 2 nitrogen and oxygen atoms in total. The molecule has 0 atom stereocenters. The van der Waals surface area contributed by atoms with Crippen molar-refractivity contribution in [1.29, 1.82) is 5.26 Å². The molecule has 0 radical (unpaired) electrons. The van der Waals surface area contributed by atoms with Gasteiger partial charge < -0.3 is 0 Å². The van der Waals surface area contributed by atoms with Gasteiger partial charge in [-0.15, -0.1) is 0 Å². The average Bonchev–Trinajstić information content (AvgIpc) is 2.13. The predicted octanol–water partition coefficient (Wildman–Crippen LogP) is 2.27. The third kappa shape index (κ3) is 4.51. The van der Waals surface area contributed by atoms with Crippen LogP contribution in [-0.4, -0.2) is 21.6 Å². The molecule has 0 saturated carbocycles. The summed E-state index contributed by atoms with van der Waals surface area (Å²) in [5.41, 5.74) is 0. The minimum absolute atomic E-state index is 0.0714. The van der Waals surface area contributed by atoms with Crippen molar-refractivity contribution >= 4 is 37.5 Å². The summed E-state index contributed by atoms with van der Waals surface area (Å²) in [6, 6.07) is 7.90. The number of hydrogen-bond donors (Lipinski definition) is 0. The molecule has 0 aliphatic heterocycles.